The van der Waals surface area contributed by atoms with Gasteiger partial charge >= 0.3 is 5.97 Å². The number of nitrogens with zero attached hydrogens (tertiary/aromatic N) is 3. The van der Waals surface area contributed by atoms with Crippen molar-refractivity contribution in [2.75, 3.05) is 27.4 Å². The molecule has 0 N–H and O–H groups in total. The van der Waals surface area contributed by atoms with Gasteiger partial charge in [-0.25, -0.2) is 9.48 Å². The van der Waals surface area contributed by atoms with Crippen LogP contribution in [0.5, 0.6) is 11.5 Å². The molecule has 9 heteroatoms. The van der Waals surface area contributed by atoms with Gasteiger partial charge in [0.05, 0.1) is 36.9 Å². The monoisotopic (exact) mass is 477 g/mol. The lowest BCUT2D eigenvalue weighted by Gasteiger charge is -2.29. The molecule has 1 aliphatic heterocycles. The van der Waals surface area contributed by atoms with E-state index in [9.17, 15) is 14.4 Å². The van der Waals surface area contributed by atoms with Gasteiger partial charge in [-0.3, -0.25) is 9.59 Å². The lowest BCUT2D eigenvalue weighted by molar-refractivity contribution is -0.148. The molecular weight excluding hydrogens is 450 g/mol. The fourth-order valence-electron chi connectivity index (χ4n) is 4.27. The van der Waals surface area contributed by atoms with E-state index >= 15 is 0 Å². The summed E-state index contributed by atoms with van der Waals surface area (Å²) in [4.78, 5) is 39.7. The van der Waals surface area contributed by atoms with Crippen LogP contribution in [0.4, 0.5) is 0 Å². The number of esters is 1. The summed E-state index contributed by atoms with van der Waals surface area (Å²) < 4.78 is 17.4. The molecule has 2 aromatic carbocycles. The van der Waals surface area contributed by atoms with Crippen molar-refractivity contribution in [3.05, 3.63) is 70.5 Å². The Balaban J connectivity index is 1.41. The second kappa shape index (κ2) is 10.0. The van der Waals surface area contributed by atoms with E-state index in [0.29, 0.717) is 42.4 Å². The predicted molar refractivity (Wildman–Crippen MR) is 127 cm³/mol. The van der Waals surface area contributed by atoms with Crippen molar-refractivity contribution < 1.29 is 28.6 Å². The van der Waals surface area contributed by atoms with E-state index in [-0.39, 0.29) is 11.5 Å². The Morgan fingerprint density at radius 3 is 2.29 bits per heavy atom. The van der Waals surface area contributed by atoms with Crippen LogP contribution in [-0.4, -0.2) is 59.7 Å². The van der Waals surface area contributed by atoms with E-state index in [1.54, 1.807) is 37.6 Å². The maximum absolute atomic E-state index is 12.8. The standard InChI is InChI=1S/C26H27N3O6/c1-16-24(17(2)29(27-16)20-8-6-5-7-9-20)25(31)26(32)35-15-23(30)28-11-10-18-12-21(33-3)22(34-4)13-19(18)14-28/h5-9,12-13H,10-11,14-15H2,1-4H3. The zero-order valence-electron chi connectivity index (χ0n) is 20.2. The van der Waals surface area contributed by atoms with Crippen LogP contribution in [0, 0.1) is 13.8 Å². The van der Waals surface area contributed by atoms with Crippen LogP contribution in [-0.2, 0) is 27.3 Å². The smallest absolute Gasteiger partial charge is 0.380 e. The summed E-state index contributed by atoms with van der Waals surface area (Å²) in [6, 6.07) is 13.1. The topological polar surface area (TPSA) is 100.0 Å². The van der Waals surface area contributed by atoms with Gasteiger partial charge in [-0.05, 0) is 55.7 Å². The molecule has 1 aliphatic rings. The van der Waals surface area contributed by atoms with Crippen LogP contribution in [0.15, 0.2) is 42.5 Å². The third kappa shape index (κ3) is 4.75. The highest BCUT2D eigenvalue weighted by atomic mass is 16.5. The average Bonchev–Trinajstić information content (AvgIpc) is 3.19. The number of Topliss-reactive ketones (excluding diaryl/α,β-unsaturated/α-hetero) is 1. The molecular formula is C26H27N3O6. The Labute approximate surface area is 203 Å². The van der Waals surface area contributed by atoms with Gasteiger partial charge < -0.3 is 19.1 Å². The van der Waals surface area contributed by atoms with Crippen LogP contribution in [0.1, 0.15) is 32.9 Å². The molecule has 35 heavy (non-hydrogen) atoms. The number of ether oxygens (including phenoxy) is 3. The molecule has 0 fully saturated rings. The number of methoxy groups -OCH3 is 2. The molecule has 0 bridgehead atoms. The number of carbonyl (C=O) groups is 3. The van der Waals surface area contributed by atoms with Gasteiger partial charge in [0.2, 0.25) is 0 Å². The maximum atomic E-state index is 12.8. The zero-order chi connectivity index (χ0) is 25.1. The van der Waals surface area contributed by atoms with E-state index in [1.807, 2.05) is 42.5 Å². The van der Waals surface area contributed by atoms with E-state index in [0.717, 1.165) is 16.8 Å². The molecule has 3 aromatic rings. The van der Waals surface area contributed by atoms with Crippen LogP contribution in [0.25, 0.3) is 5.69 Å². The van der Waals surface area contributed by atoms with Gasteiger partial charge in [-0.1, -0.05) is 18.2 Å². The van der Waals surface area contributed by atoms with Crippen LogP contribution < -0.4 is 9.47 Å². The molecule has 0 atom stereocenters. The minimum Gasteiger partial charge on any atom is -0.493 e. The van der Waals surface area contributed by atoms with Gasteiger partial charge in [0.25, 0.3) is 11.7 Å². The quantitative estimate of drug-likeness (QED) is 0.293. The highest BCUT2D eigenvalue weighted by molar-refractivity contribution is 6.41. The highest BCUT2D eigenvalue weighted by Crippen LogP contribution is 2.33. The lowest BCUT2D eigenvalue weighted by Crippen LogP contribution is -2.39. The number of hydrogen-bond acceptors (Lipinski definition) is 7. The first-order valence-electron chi connectivity index (χ1n) is 11.2. The Morgan fingerprint density at radius 1 is 0.971 bits per heavy atom. The molecule has 1 amide bonds. The second-order valence-corrected chi connectivity index (χ2v) is 8.24. The minimum atomic E-state index is -1.08. The summed E-state index contributed by atoms with van der Waals surface area (Å²) in [6.45, 7) is 3.68. The van der Waals surface area contributed by atoms with Gasteiger partial charge in [0.15, 0.2) is 18.1 Å². The fourth-order valence-corrected chi connectivity index (χ4v) is 4.27. The third-order valence-electron chi connectivity index (χ3n) is 6.10. The lowest BCUT2D eigenvalue weighted by atomic mass is 9.99. The van der Waals surface area contributed by atoms with Gasteiger partial charge in [0.1, 0.15) is 0 Å². The summed E-state index contributed by atoms with van der Waals surface area (Å²) in [6.07, 6.45) is 0.630. The summed E-state index contributed by atoms with van der Waals surface area (Å²) in [7, 11) is 3.13. The van der Waals surface area contributed by atoms with E-state index < -0.39 is 18.4 Å². The first kappa shape index (κ1) is 24.0. The summed E-state index contributed by atoms with van der Waals surface area (Å²) in [5, 5.41) is 4.39. The molecule has 0 saturated heterocycles. The molecule has 2 heterocycles. The molecule has 182 valence electrons. The third-order valence-corrected chi connectivity index (χ3v) is 6.10. The van der Waals surface area contributed by atoms with Crippen molar-refractivity contribution in [2.45, 2.75) is 26.8 Å². The fraction of sp³-hybridized carbons (Fsp3) is 0.308. The predicted octanol–water partition coefficient (Wildman–Crippen LogP) is 2.82. The normalized spacial score (nSPS) is 12.6. The van der Waals surface area contributed by atoms with Crippen molar-refractivity contribution in [1.29, 1.82) is 0 Å². The first-order chi connectivity index (χ1) is 16.8. The molecule has 4 rings (SSSR count). The summed E-state index contributed by atoms with van der Waals surface area (Å²) in [5.41, 5.74) is 3.90. The molecule has 0 spiro atoms. The highest BCUT2D eigenvalue weighted by Gasteiger charge is 2.28. The van der Waals surface area contributed by atoms with E-state index in [4.69, 9.17) is 14.2 Å². The number of para-hydroxylation sites is 1. The second-order valence-electron chi connectivity index (χ2n) is 8.24. The van der Waals surface area contributed by atoms with E-state index in [1.165, 1.54) is 0 Å². The number of fused-ring (bicyclic) bond motifs is 1. The molecule has 0 unspecified atom stereocenters. The molecule has 9 nitrogen and oxygen atoms in total. The number of benzene rings is 2. The van der Waals surface area contributed by atoms with Crippen LogP contribution in [0.2, 0.25) is 0 Å². The van der Waals surface area contributed by atoms with Crippen molar-refractivity contribution in [3.63, 3.8) is 0 Å². The van der Waals surface area contributed by atoms with Crippen molar-refractivity contribution in [1.82, 2.24) is 14.7 Å². The average molecular weight is 478 g/mol. The first-order valence-corrected chi connectivity index (χ1v) is 11.2. The largest absolute Gasteiger partial charge is 0.493 e. The number of ketones is 1. The van der Waals surface area contributed by atoms with Crippen molar-refractivity contribution in [2.24, 2.45) is 0 Å². The van der Waals surface area contributed by atoms with Crippen molar-refractivity contribution in [3.8, 4) is 17.2 Å². The Kier molecular flexibility index (Phi) is 6.86. The summed E-state index contributed by atoms with van der Waals surface area (Å²) >= 11 is 0. The Morgan fingerprint density at radius 2 is 1.63 bits per heavy atom. The van der Waals surface area contributed by atoms with Crippen LogP contribution in [0.3, 0.4) is 0 Å². The van der Waals surface area contributed by atoms with E-state index in [2.05, 4.69) is 5.10 Å². The number of aromatic nitrogens is 2. The summed E-state index contributed by atoms with van der Waals surface area (Å²) in [5.74, 6) is -1.06. The molecule has 0 radical (unpaired) electrons. The minimum absolute atomic E-state index is 0.180. The van der Waals surface area contributed by atoms with Gasteiger partial charge in [-0.15, -0.1) is 0 Å². The maximum Gasteiger partial charge on any atom is 0.380 e. The van der Waals surface area contributed by atoms with Gasteiger partial charge in [-0.2, -0.15) is 5.10 Å². The van der Waals surface area contributed by atoms with Crippen LogP contribution >= 0.6 is 0 Å². The van der Waals surface area contributed by atoms with Crippen molar-refractivity contribution >= 4 is 17.7 Å². The Hall–Kier alpha value is -4.14. The Bertz CT molecular complexity index is 1280. The number of amides is 1. The molecule has 0 saturated carbocycles. The number of aryl methyl sites for hydroxylation is 1. The number of carbonyl (C=O) groups excluding carboxylic acids is 3. The zero-order valence-corrected chi connectivity index (χ0v) is 20.2. The van der Waals surface area contributed by atoms with Gasteiger partial charge in [0, 0.05) is 13.1 Å². The number of rotatable bonds is 7. The number of hydrogen-bond donors (Lipinski definition) is 0. The molecule has 1 aromatic heterocycles. The SMILES string of the molecule is COc1cc2c(cc1OC)CN(C(=O)COC(=O)C(=O)c1c(C)nn(-c3ccccc3)c1C)CC2. The molecule has 0 aliphatic carbocycles.